The first kappa shape index (κ1) is 16.4. The molecule has 0 aliphatic heterocycles. The minimum absolute atomic E-state index is 0.176. The molecule has 116 valence electrons. The van der Waals surface area contributed by atoms with Crippen molar-refractivity contribution in [2.24, 2.45) is 5.92 Å². The molecule has 1 aliphatic rings. The van der Waals surface area contributed by atoms with Gasteiger partial charge in [0.15, 0.2) is 0 Å². The van der Waals surface area contributed by atoms with Crippen LogP contribution in [0, 0.1) is 11.7 Å². The van der Waals surface area contributed by atoms with Crippen LogP contribution in [-0.4, -0.2) is 48.4 Å². The number of benzene rings is 1. The van der Waals surface area contributed by atoms with Gasteiger partial charge in [-0.05, 0) is 37.2 Å². The van der Waals surface area contributed by atoms with Crippen LogP contribution in [0.2, 0.25) is 0 Å². The number of rotatable bonds is 8. The normalized spacial score (nSPS) is 16.3. The molecule has 0 saturated heterocycles. The summed E-state index contributed by atoms with van der Waals surface area (Å²) in [5, 5.41) is 18.1. The molecule has 2 N–H and O–H groups in total. The predicted octanol–water partition coefficient (Wildman–Crippen LogP) is 0.752. The number of nitrogens with zero attached hydrogens (tertiary/aromatic N) is 1. The van der Waals surface area contributed by atoms with Crippen LogP contribution in [0.25, 0.3) is 0 Å². The molecular formula is C15H23BFNO3. The molecule has 2 rings (SSSR count). The molecule has 1 aromatic carbocycles. The van der Waals surface area contributed by atoms with Crippen molar-refractivity contribution in [1.29, 1.82) is 0 Å². The van der Waals surface area contributed by atoms with Gasteiger partial charge < -0.3 is 14.8 Å². The molecule has 0 amide bonds. The highest BCUT2D eigenvalue weighted by molar-refractivity contribution is 6.58. The summed E-state index contributed by atoms with van der Waals surface area (Å²) in [5.41, 5.74) is 0.748. The van der Waals surface area contributed by atoms with Crippen LogP contribution in [0.15, 0.2) is 18.2 Å². The molecule has 21 heavy (non-hydrogen) atoms. The molecule has 1 aliphatic carbocycles. The van der Waals surface area contributed by atoms with Gasteiger partial charge in [0.25, 0.3) is 0 Å². The Labute approximate surface area is 125 Å². The summed E-state index contributed by atoms with van der Waals surface area (Å²) in [4.78, 5) is 2.23. The first-order valence-corrected chi connectivity index (χ1v) is 7.40. The van der Waals surface area contributed by atoms with Gasteiger partial charge in [-0.15, -0.1) is 0 Å². The van der Waals surface area contributed by atoms with Gasteiger partial charge >= 0.3 is 7.12 Å². The minimum Gasteiger partial charge on any atom is -0.423 e. The standard InChI is InChI=1S/C15H23BFNO3/c1-11(12-3-4-12)18(7-8-21-2)10-13-5-6-14(16(19)20)9-15(13)17/h5-6,9,11-12,19-20H,3-4,7-8,10H2,1-2H3. The fraction of sp³-hybridized carbons (Fsp3) is 0.600. The van der Waals surface area contributed by atoms with E-state index in [1.54, 1.807) is 19.2 Å². The Morgan fingerprint density at radius 2 is 2.14 bits per heavy atom. The zero-order valence-electron chi connectivity index (χ0n) is 12.6. The van der Waals surface area contributed by atoms with Crippen LogP contribution < -0.4 is 5.46 Å². The molecule has 1 atom stereocenters. The monoisotopic (exact) mass is 295 g/mol. The maximum absolute atomic E-state index is 14.1. The number of ether oxygens (including phenoxy) is 1. The molecule has 0 aromatic heterocycles. The van der Waals surface area contributed by atoms with Crippen LogP contribution in [0.4, 0.5) is 4.39 Å². The molecule has 1 unspecified atom stereocenters. The van der Waals surface area contributed by atoms with Gasteiger partial charge in [-0.1, -0.05) is 12.1 Å². The highest BCUT2D eigenvalue weighted by atomic mass is 19.1. The maximum atomic E-state index is 14.1. The summed E-state index contributed by atoms with van der Waals surface area (Å²) in [6.07, 6.45) is 2.48. The molecule has 1 aromatic rings. The smallest absolute Gasteiger partial charge is 0.423 e. The zero-order valence-corrected chi connectivity index (χ0v) is 12.6. The first-order chi connectivity index (χ1) is 10.0. The lowest BCUT2D eigenvalue weighted by molar-refractivity contribution is 0.111. The molecule has 6 heteroatoms. The SMILES string of the molecule is COCCN(Cc1ccc(B(O)O)cc1F)C(C)C1CC1. The van der Waals surface area contributed by atoms with E-state index in [1.165, 1.54) is 18.9 Å². The van der Waals surface area contributed by atoms with Crippen LogP contribution in [-0.2, 0) is 11.3 Å². The van der Waals surface area contributed by atoms with Crippen molar-refractivity contribution in [2.45, 2.75) is 32.4 Å². The van der Waals surface area contributed by atoms with Crippen molar-refractivity contribution in [3.8, 4) is 0 Å². The number of hydrogen-bond acceptors (Lipinski definition) is 4. The van der Waals surface area contributed by atoms with Gasteiger partial charge in [0.1, 0.15) is 5.82 Å². The Hall–Kier alpha value is -0.945. The van der Waals surface area contributed by atoms with Crippen LogP contribution >= 0.6 is 0 Å². The lowest BCUT2D eigenvalue weighted by Gasteiger charge is -2.29. The predicted molar refractivity (Wildman–Crippen MR) is 80.7 cm³/mol. The third-order valence-electron chi connectivity index (χ3n) is 4.21. The van der Waals surface area contributed by atoms with Crippen LogP contribution in [0.3, 0.4) is 0 Å². The van der Waals surface area contributed by atoms with E-state index in [4.69, 9.17) is 14.8 Å². The number of halogens is 1. The minimum atomic E-state index is -1.64. The average molecular weight is 295 g/mol. The molecule has 1 saturated carbocycles. The van der Waals surface area contributed by atoms with Gasteiger partial charge in [-0.2, -0.15) is 0 Å². The van der Waals surface area contributed by atoms with E-state index in [9.17, 15) is 4.39 Å². The van der Waals surface area contributed by atoms with Gasteiger partial charge in [-0.25, -0.2) is 4.39 Å². The third-order valence-corrected chi connectivity index (χ3v) is 4.21. The van der Waals surface area contributed by atoms with Crippen LogP contribution in [0.5, 0.6) is 0 Å². The Kier molecular flexibility index (Phi) is 5.76. The second-order valence-electron chi connectivity index (χ2n) is 5.77. The van der Waals surface area contributed by atoms with E-state index in [2.05, 4.69) is 11.8 Å². The van der Waals surface area contributed by atoms with E-state index < -0.39 is 12.9 Å². The highest BCUT2D eigenvalue weighted by Crippen LogP contribution is 2.35. The summed E-state index contributed by atoms with van der Waals surface area (Å²) in [6, 6.07) is 4.78. The second kappa shape index (κ2) is 7.36. The van der Waals surface area contributed by atoms with Crippen molar-refractivity contribution in [1.82, 2.24) is 4.90 Å². The van der Waals surface area contributed by atoms with Gasteiger partial charge in [0.05, 0.1) is 6.61 Å². The lowest BCUT2D eigenvalue weighted by atomic mass is 9.80. The van der Waals surface area contributed by atoms with E-state index in [-0.39, 0.29) is 5.46 Å². The fourth-order valence-corrected chi connectivity index (χ4v) is 2.58. The topological polar surface area (TPSA) is 52.9 Å². The quantitative estimate of drug-likeness (QED) is 0.695. The van der Waals surface area contributed by atoms with E-state index in [1.807, 2.05) is 0 Å². The summed E-state index contributed by atoms with van der Waals surface area (Å²) >= 11 is 0. The largest absolute Gasteiger partial charge is 0.488 e. The van der Waals surface area contributed by atoms with Crippen molar-refractivity contribution < 1.29 is 19.2 Å². The Balaban J connectivity index is 2.07. The van der Waals surface area contributed by atoms with E-state index in [0.29, 0.717) is 30.7 Å². The summed E-state index contributed by atoms with van der Waals surface area (Å²) < 4.78 is 19.2. The third kappa shape index (κ3) is 4.51. The first-order valence-electron chi connectivity index (χ1n) is 7.40. The number of hydrogen-bond donors (Lipinski definition) is 2. The molecule has 0 heterocycles. The fourth-order valence-electron chi connectivity index (χ4n) is 2.58. The van der Waals surface area contributed by atoms with Gasteiger partial charge in [0.2, 0.25) is 0 Å². The molecule has 1 fully saturated rings. The van der Waals surface area contributed by atoms with Gasteiger partial charge in [0, 0.05) is 31.8 Å². The summed E-state index contributed by atoms with van der Waals surface area (Å²) in [6.45, 7) is 4.07. The summed E-state index contributed by atoms with van der Waals surface area (Å²) in [7, 11) is 0.0290. The van der Waals surface area contributed by atoms with E-state index >= 15 is 0 Å². The van der Waals surface area contributed by atoms with Crippen LogP contribution in [0.1, 0.15) is 25.3 Å². The lowest BCUT2D eigenvalue weighted by Crippen LogP contribution is -2.37. The van der Waals surface area contributed by atoms with Gasteiger partial charge in [-0.3, -0.25) is 4.90 Å². The van der Waals surface area contributed by atoms with Crippen molar-refractivity contribution in [3.05, 3.63) is 29.6 Å². The average Bonchev–Trinajstić information content (AvgIpc) is 3.28. The zero-order chi connectivity index (χ0) is 15.4. The van der Waals surface area contributed by atoms with Crippen molar-refractivity contribution in [2.75, 3.05) is 20.3 Å². The molecule has 0 radical (unpaired) electrons. The molecule has 0 spiro atoms. The van der Waals surface area contributed by atoms with Crippen molar-refractivity contribution >= 4 is 12.6 Å². The second-order valence-corrected chi connectivity index (χ2v) is 5.77. The number of methoxy groups -OCH3 is 1. The molecule has 4 nitrogen and oxygen atoms in total. The van der Waals surface area contributed by atoms with E-state index in [0.717, 1.165) is 6.54 Å². The maximum Gasteiger partial charge on any atom is 0.488 e. The Bertz CT molecular complexity index is 468. The molecular weight excluding hydrogens is 272 g/mol. The Morgan fingerprint density at radius 1 is 1.43 bits per heavy atom. The molecule has 0 bridgehead atoms. The van der Waals surface area contributed by atoms with Crippen molar-refractivity contribution in [3.63, 3.8) is 0 Å². The summed E-state index contributed by atoms with van der Waals surface area (Å²) in [5.74, 6) is 0.300. The Morgan fingerprint density at radius 3 is 2.67 bits per heavy atom. The highest BCUT2D eigenvalue weighted by Gasteiger charge is 2.32.